The van der Waals surface area contributed by atoms with Crippen molar-refractivity contribution in [3.05, 3.63) is 77.8 Å². The zero-order chi connectivity index (χ0) is 19.0. The monoisotopic (exact) mass is 366 g/mol. The highest BCUT2D eigenvalue weighted by Gasteiger charge is 2.28. The van der Waals surface area contributed by atoms with Crippen LogP contribution in [0.25, 0.3) is 0 Å². The molecule has 0 spiro atoms. The summed E-state index contributed by atoms with van der Waals surface area (Å²) in [6.45, 7) is 2.08. The minimum absolute atomic E-state index is 0.0975. The van der Waals surface area contributed by atoms with Gasteiger partial charge in [-0.2, -0.15) is 0 Å². The van der Waals surface area contributed by atoms with Crippen molar-refractivity contribution in [2.45, 2.75) is 19.4 Å². The molecule has 27 heavy (non-hydrogen) atoms. The standard InChI is InChI=1S/C20H16F2N4O/c1-12-8-13-4-2-3-5-18(13)26(12)19-10-17(23-11-24-19)20(27)25-16-7-6-14(21)9-15(16)22/h2-7,9-12H,8H2,1H3,(H,25,27). The van der Waals surface area contributed by atoms with E-state index >= 15 is 0 Å². The molecule has 0 radical (unpaired) electrons. The summed E-state index contributed by atoms with van der Waals surface area (Å²) < 4.78 is 26.8. The fraction of sp³-hybridized carbons (Fsp3) is 0.150. The number of anilines is 3. The number of amides is 1. The number of benzene rings is 2. The minimum Gasteiger partial charge on any atom is -0.323 e. The van der Waals surface area contributed by atoms with E-state index < -0.39 is 17.5 Å². The molecule has 3 aromatic rings. The Labute approximate surface area is 154 Å². The van der Waals surface area contributed by atoms with E-state index in [1.165, 1.54) is 18.0 Å². The molecule has 4 rings (SSSR count). The van der Waals surface area contributed by atoms with Crippen molar-refractivity contribution >= 4 is 23.1 Å². The molecule has 1 aliphatic rings. The maximum atomic E-state index is 13.8. The van der Waals surface area contributed by atoms with Gasteiger partial charge in [-0.15, -0.1) is 0 Å². The van der Waals surface area contributed by atoms with Crippen molar-refractivity contribution in [2.24, 2.45) is 0 Å². The van der Waals surface area contributed by atoms with Crippen LogP contribution in [0.1, 0.15) is 23.0 Å². The topological polar surface area (TPSA) is 58.1 Å². The largest absolute Gasteiger partial charge is 0.323 e. The Kier molecular flexibility index (Phi) is 4.27. The summed E-state index contributed by atoms with van der Waals surface area (Å²) in [5, 5.41) is 2.41. The predicted molar refractivity (Wildman–Crippen MR) is 98.1 cm³/mol. The third-order valence-electron chi connectivity index (χ3n) is 4.52. The van der Waals surface area contributed by atoms with Crippen molar-refractivity contribution in [3.8, 4) is 0 Å². The van der Waals surface area contributed by atoms with Crippen LogP contribution in [0.5, 0.6) is 0 Å². The SMILES string of the molecule is CC1Cc2ccccc2N1c1cc(C(=O)Nc2ccc(F)cc2F)ncn1. The third kappa shape index (κ3) is 3.23. The van der Waals surface area contributed by atoms with E-state index in [4.69, 9.17) is 0 Å². The van der Waals surface area contributed by atoms with Crippen molar-refractivity contribution < 1.29 is 13.6 Å². The van der Waals surface area contributed by atoms with Crippen LogP contribution < -0.4 is 10.2 Å². The van der Waals surface area contributed by atoms with E-state index in [9.17, 15) is 13.6 Å². The highest BCUT2D eigenvalue weighted by molar-refractivity contribution is 6.03. The molecule has 5 nitrogen and oxygen atoms in total. The molecule has 7 heteroatoms. The zero-order valence-corrected chi connectivity index (χ0v) is 14.5. The van der Waals surface area contributed by atoms with E-state index in [2.05, 4.69) is 28.3 Å². The predicted octanol–water partition coefficient (Wildman–Crippen LogP) is 4.09. The average molecular weight is 366 g/mol. The quantitative estimate of drug-likeness (QED) is 0.759. The summed E-state index contributed by atoms with van der Waals surface area (Å²) in [6, 6.07) is 12.7. The van der Waals surface area contributed by atoms with Crippen LogP contribution in [-0.4, -0.2) is 21.9 Å². The summed E-state index contributed by atoms with van der Waals surface area (Å²) in [5.74, 6) is -1.56. The van der Waals surface area contributed by atoms with Gasteiger partial charge in [0.15, 0.2) is 0 Å². The molecular weight excluding hydrogens is 350 g/mol. The Bertz CT molecular complexity index is 1020. The van der Waals surface area contributed by atoms with Crippen LogP contribution in [0.15, 0.2) is 54.9 Å². The van der Waals surface area contributed by atoms with Gasteiger partial charge in [-0.05, 0) is 37.1 Å². The second-order valence-electron chi connectivity index (χ2n) is 6.39. The van der Waals surface area contributed by atoms with Gasteiger partial charge in [-0.3, -0.25) is 4.79 Å². The Hall–Kier alpha value is -3.35. The molecule has 1 amide bonds. The average Bonchev–Trinajstić information content (AvgIpc) is 2.99. The van der Waals surface area contributed by atoms with Crippen molar-refractivity contribution in [3.63, 3.8) is 0 Å². The number of carbonyl (C=O) groups excluding carboxylic acids is 1. The number of hydrogen-bond donors (Lipinski definition) is 1. The number of hydrogen-bond acceptors (Lipinski definition) is 4. The van der Waals surface area contributed by atoms with Gasteiger partial charge in [0, 0.05) is 23.9 Å². The Morgan fingerprint density at radius 2 is 1.96 bits per heavy atom. The molecule has 0 saturated carbocycles. The Balaban J connectivity index is 1.62. The fourth-order valence-corrected chi connectivity index (χ4v) is 3.29. The van der Waals surface area contributed by atoms with Crippen LogP contribution >= 0.6 is 0 Å². The molecule has 136 valence electrons. The van der Waals surface area contributed by atoms with Gasteiger partial charge in [-0.25, -0.2) is 18.7 Å². The summed E-state index contributed by atoms with van der Waals surface area (Å²) in [4.78, 5) is 22.8. The summed E-state index contributed by atoms with van der Waals surface area (Å²) in [7, 11) is 0. The van der Waals surface area contributed by atoms with Crippen molar-refractivity contribution in [1.82, 2.24) is 9.97 Å². The van der Waals surface area contributed by atoms with E-state index in [0.717, 1.165) is 18.2 Å². The lowest BCUT2D eigenvalue weighted by Crippen LogP contribution is -2.25. The van der Waals surface area contributed by atoms with Gasteiger partial charge in [-0.1, -0.05) is 18.2 Å². The van der Waals surface area contributed by atoms with Gasteiger partial charge in [0.25, 0.3) is 5.91 Å². The third-order valence-corrected chi connectivity index (χ3v) is 4.52. The number of rotatable bonds is 3. The molecule has 0 fully saturated rings. The first kappa shape index (κ1) is 17.1. The van der Waals surface area contributed by atoms with Crippen molar-refractivity contribution in [2.75, 3.05) is 10.2 Å². The Morgan fingerprint density at radius 1 is 1.15 bits per heavy atom. The molecule has 1 aromatic heterocycles. The van der Waals surface area contributed by atoms with E-state index in [0.29, 0.717) is 11.9 Å². The van der Waals surface area contributed by atoms with E-state index in [-0.39, 0.29) is 17.4 Å². The number of halogens is 2. The van der Waals surface area contributed by atoms with Crippen LogP contribution in [-0.2, 0) is 6.42 Å². The van der Waals surface area contributed by atoms with Gasteiger partial charge >= 0.3 is 0 Å². The van der Waals surface area contributed by atoms with Gasteiger partial charge < -0.3 is 10.2 Å². The molecule has 1 atom stereocenters. The van der Waals surface area contributed by atoms with Crippen LogP contribution in [0.3, 0.4) is 0 Å². The molecule has 2 heterocycles. The molecule has 0 bridgehead atoms. The lowest BCUT2D eigenvalue weighted by atomic mass is 10.1. The molecule has 0 saturated heterocycles. The normalized spacial score (nSPS) is 15.5. The first-order chi connectivity index (χ1) is 13.0. The molecule has 2 aromatic carbocycles. The number of carbonyl (C=O) groups is 1. The van der Waals surface area contributed by atoms with Gasteiger partial charge in [0.05, 0.1) is 5.69 Å². The summed E-state index contributed by atoms with van der Waals surface area (Å²) >= 11 is 0. The first-order valence-electron chi connectivity index (χ1n) is 8.48. The van der Waals surface area contributed by atoms with Gasteiger partial charge in [0.1, 0.15) is 29.5 Å². The van der Waals surface area contributed by atoms with E-state index in [1.54, 1.807) is 6.07 Å². The summed E-state index contributed by atoms with van der Waals surface area (Å²) in [6.07, 6.45) is 2.18. The molecule has 1 unspecified atom stereocenters. The number of nitrogens with zero attached hydrogens (tertiary/aromatic N) is 3. The second kappa shape index (κ2) is 6.75. The Morgan fingerprint density at radius 3 is 2.78 bits per heavy atom. The lowest BCUT2D eigenvalue weighted by molar-refractivity contribution is 0.102. The molecule has 0 aliphatic carbocycles. The summed E-state index contributed by atoms with van der Waals surface area (Å²) in [5.41, 5.74) is 2.24. The molecule has 1 aliphatic heterocycles. The highest BCUT2D eigenvalue weighted by Crippen LogP contribution is 2.37. The minimum atomic E-state index is -0.847. The van der Waals surface area contributed by atoms with Crippen LogP contribution in [0.2, 0.25) is 0 Å². The first-order valence-corrected chi connectivity index (χ1v) is 8.48. The highest BCUT2D eigenvalue weighted by atomic mass is 19.1. The lowest BCUT2D eigenvalue weighted by Gasteiger charge is -2.23. The second-order valence-corrected chi connectivity index (χ2v) is 6.39. The smallest absolute Gasteiger partial charge is 0.274 e. The number of nitrogens with one attached hydrogen (secondary N) is 1. The molecular formula is C20H16F2N4O. The maximum Gasteiger partial charge on any atom is 0.274 e. The maximum absolute atomic E-state index is 13.8. The fourth-order valence-electron chi connectivity index (χ4n) is 3.29. The van der Waals surface area contributed by atoms with Crippen LogP contribution in [0, 0.1) is 11.6 Å². The molecule has 1 N–H and O–H groups in total. The van der Waals surface area contributed by atoms with Gasteiger partial charge in [0.2, 0.25) is 0 Å². The number of aromatic nitrogens is 2. The van der Waals surface area contributed by atoms with E-state index in [1.807, 2.05) is 23.1 Å². The zero-order valence-electron chi connectivity index (χ0n) is 14.5. The van der Waals surface area contributed by atoms with Crippen LogP contribution in [0.4, 0.5) is 26.0 Å². The van der Waals surface area contributed by atoms with Crippen molar-refractivity contribution in [1.29, 1.82) is 0 Å². The number of fused-ring (bicyclic) bond motifs is 1. The number of para-hydroxylation sites is 1.